The maximum Gasteiger partial charge on any atom is 0.301 e. The molecule has 0 aliphatic carbocycles. The predicted molar refractivity (Wildman–Crippen MR) is 152 cm³/mol. The van der Waals surface area contributed by atoms with Crippen molar-refractivity contribution < 1.29 is 19.1 Å². The van der Waals surface area contributed by atoms with Gasteiger partial charge in [-0.3, -0.25) is 18.9 Å². The molecule has 0 bridgehead atoms. The number of hydrogen-bond acceptors (Lipinski definition) is 8. The van der Waals surface area contributed by atoms with E-state index in [4.69, 9.17) is 0 Å². The highest BCUT2D eigenvalue weighted by atomic mass is 32.2. The Hall–Kier alpha value is -4.35. The Labute approximate surface area is 236 Å². The van der Waals surface area contributed by atoms with Gasteiger partial charge >= 0.3 is 5.91 Å². The molecule has 6 rings (SSSR count). The minimum atomic E-state index is -0.938. The van der Waals surface area contributed by atoms with Crippen LogP contribution in [0.25, 0.3) is 11.4 Å². The third kappa shape index (κ3) is 4.46. The standard InChI is InChI=1S/C29H22FN5O3S2/c1-16-10-12-18(13-11-16)24-22(25(36)23-17(2)31-21-9-5-6-14-34(21)23)26(37)27(38)35(24)28-32-33-29(40-28)39-15-19-7-3-4-8-20(19)30/h3-14,24,36H,15H2,1-2H3/b25-22+. The van der Waals surface area contributed by atoms with E-state index >= 15 is 0 Å². The molecule has 1 aliphatic rings. The predicted octanol–water partition coefficient (Wildman–Crippen LogP) is 5.86. The number of halogens is 1. The largest absolute Gasteiger partial charge is 0.505 e. The van der Waals surface area contributed by atoms with E-state index in [2.05, 4.69) is 15.2 Å². The zero-order valence-corrected chi connectivity index (χ0v) is 23.0. The van der Waals surface area contributed by atoms with Gasteiger partial charge in [-0.1, -0.05) is 77.2 Å². The van der Waals surface area contributed by atoms with Crippen LogP contribution in [-0.2, 0) is 15.3 Å². The first-order valence-corrected chi connectivity index (χ1v) is 14.1. The van der Waals surface area contributed by atoms with Crippen LogP contribution in [0, 0.1) is 19.7 Å². The molecule has 1 saturated heterocycles. The summed E-state index contributed by atoms with van der Waals surface area (Å²) in [4.78, 5) is 32.8. The number of aliphatic hydroxyl groups is 1. The fraction of sp³-hybridized carbons (Fsp3) is 0.138. The molecule has 0 spiro atoms. The second-order valence-electron chi connectivity index (χ2n) is 9.29. The van der Waals surface area contributed by atoms with Crippen molar-refractivity contribution in [1.82, 2.24) is 19.6 Å². The van der Waals surface area contributed by atoms with Gasteiger partial charge in [0.15, 0.2) is 10.1 Å². The molecule has 200 valence electrons. The van der Waals surface area contributed by atoms with E-state index in [9.17, 15) is 19.1 Å². The number of carbonyl (C=O) groups is 2. The topological polar surface area (TPSA) is 101 Å². The molecule has 40 heavy (non-hydrogen) atoms. The van der Waals surface area contributed by atoms with Gasteiger partial charge in [-0.15, -0.1) is 10.2 Å². The van der Waals surface area contributed by atoms with Gasteiger partial charge in [0.2, 0.25) is 5.13 Å². The molecule has 1 atom stereocenters. The highest BCUT2D eigenvalue weighted by molar-refractivity contribution is 8.00. The average molecular weight is 572 g/mol. The van der Waals surface area contributed by atoms with Gasteiger partial charge in [0, 0.05) is 11.9 Å². The fourth-order valence-electron chi connectivity index (χ4n) is 4.73. The number of carbonyl (C=O) groups excluding carboxylic acids is 2. The Morgan fingerprint density at radius 3 is 2.55 bits per heavy atom. The monoisotopic (exact) mass is 571 g/mol. The molecule has 5 aromatic rings. The van der Waals surface area contributed by atoms with Crippen molar-refractivity contribution in [3.05, 3.63) is 112 Å². The summed E-state index contributed by atoms with van der Waals surface area (Å²) in [7, 11) is 0. The maximum absolute atomic E-state index is 14.1. The summed E-state index contributed by atoms with van der Waals surface area (Å²) in [6.45, 7) is 3.68. The van der Waals surface area contributed by atoms with Crippen molar-refractivity contribution in [3.63, 3.8) is 0 Å². The summed E-state index contributed by atoms with van der Waals surface area (Å²) in [6, 6.07) is 18.4. The minimum Gasteiger partial charge on any atom is -0.505 e. The number of nitrogens with zero attached hydrogens (tertiary/aromatic N) is 5. The number of pyridine rings is 1. The van der Waals surface area contributed by atoms with Crippen molar-refractivity contribution in [2.45, 2.75) is 30.0 Å². The third-order valence-electron chi connectivity index (χ3n) is 6.68. The van der Waals surface area contributed by atoms with Crippen molar-refractivity contribution in [3.8, 4) is 0 Å². The molecule has 11 heteroatoms. The molecule has 2 aromatic carbocycles. The fourth-order valence-corrected chi connectivity index (χ4v) is 6.59. The molecule has 1 aliphatic heterocycles. The number of ketones is 1. The zero-order valence-electron chi connectivity index (χ0n) is 21.4. The first-order valence-electron chi connectivity index (χ1n) is 12.3. The van der Waals surface area contributed by atoms with Crippen molar-refractivity contribution in [2.75, 3.05) is 4.90 Å². The first-order chi connectivity index (χ1) is 19.3. The van der Waals surface area contributed by atoms with Gasteiger partial charge in [-0.25, -0.2) is 9.37 Å². The SMILES string of the molecule is Cc1ccc(C2/C(=C(\O)c3c(C)nc4ccccn34)C(=O)C(=O)N2c2nnc(SCc3ccccc3F)s2)cc1. The number of anilines is 1. The van der Waals surface area contributed by atoms with Gasteiger partial charge in [0.25, 0.3) is 5.78 Å². The Kier molecular flexibility index (Phi) is 6.68. The number of Topliss-reactive ketones (excluding diaryl/α,β-unsaturated/α-hetero) is 1. The Morgan fingerprint density at radius 2 is 1.77 bits per heavy atom. The summed E-state index contributed by atoms with van der Waals surface area (Å²) < 4.78 is 16.3. The lowest BCUT2D eigenvalue weighted by molar-refractivity contribution is -0.132. The Morgan fingerprint density at radius 1 is 1.02 bits per heavy atom. The molecular weight excluding hydrogens is 549 g/mol. The van der Waals surface area contributed by atoms with Crippen LogP contribution < -0.4 is 4.90 Å². The summed E-state index contributed by atoms with van der Waals surface area (Å²) in [6.07, 6.45) is 1.74. The lowest BCUT2D eigenvalue weighted by Gasteiger charge is -2.22. The average Bonchev–Trinajstić information content (AvgIpc) is 3.62. The molecular formula is C29H22FN5O3S2. The van der Waals surface area contributed by atoms with Crippen LogP contribution >= 0.6 is 23.1 Å². The molecule has 0 saturated carbocycles. The quantitative estimate of drug-likeness (QED) is 0.0896. The van der Waals surface area contributed by atoms with Crippen LogP contribution in [0.3, 0.4) is 0 Å². The second kappa shape index (κ2) is 10.3. The second-order valence-corrected chi connectivity index (χ2v) is 11.5. The van der Waals surface area contributed by atoms with E-state index in [1.807, 2.05) is 37.3 Å². The van der Waals surface area contributed by atoms with Gasteiger partial charge in [0.1, 0.15) is 17.2 Å². The summed E-state index contributed by atoms with van der Waals surface area (Å²) in [5, 5.41) is 20.2. The first kappa shape index (κ1) is 25.9. The van der Waals surface area contributed by atoms with Crippen LogP contribution in [0.2, 0.25) is 0 Å². The normalized spacial score (nSPS) is 16.8. The number of benzene rings is 2. The number of aromatic nitrogens is 4. The van der Waals surface area contributed by atoms with Gasteiger partial charge in [-0.05, 0) is 43.2 Å². The lowest BCUT2D eigenvalue weighted by atomic mass is 9.96. The van der Waals surface area contributed by atoms with Crippen molar-refractivity contribution in [2.24, 2.45) is 0 Å². The number of imidazole rings is 1. The molecule has 3 aromatic heterocycles. The summed E-state index contributed by atoms with van der Waals surface area (Å²) in [5.74, 6) is -1.95. The number of rotatable bonds is 6. The van der Waals surface area contributed by atoms with Crippen LogP contribution in [0.5, 0.6) is 0 Å². The molecule has 1 fully saturated rings. The molecule has 4 heterocycles. The van der Waals surface area contributed by atoms with Crippen LogP contribution in [-0.4, -0.2) is 36.4 Å². The summed E-state index contributed by atoms with van der Waals surface area (Å²) >= 11 is 2.41. The Balaban J connectivity index is 1.44. The number of fused-ring (bicyclic) bond motifs is 1. The van der Waals surface area contributed by atoms with Crippen molar-refractivity contribution in [1.29, 1.82) is 0 Å². The van der Waals surface area contributed by atoms with E-state index in [1.54, 1.807) is 47.9 Å². The van der Waals surface area contributed by atoms with Gasteiger partial charge in [0.05, 0.1) is 17.3 Å². The lowest BCUT2D eigenvalue weighted by Crippen LogP contribution is -2.29. The Bertz CT molecular complexity index is 1810. The number of amides is 1. The van der Waals surface area contributed by atoms with Gasteiger partial charge in [-0.2, -0.15) is 0 Å². The number of aliphatic hydroxyl groups excluding tert-OH is 1. The number of aryl methyl sites for hydroxylation is 2. The molecule has 1 unspecified atom stereocenters. The van der Waals surface area contributed by atoms with Gasteiger partial charge < -0.3 is 5.11 Å². The third-order valence-corrected chi connectivity index (χ3v) is 8.78. The van der Waals surface area contributed by atoms with E-state index < -0.39 is 17.7 Å². The van der Waals surface area contributed by atoms with Crippen LogP contribution in [0.1, 0.15) is 34.1 Å². The van der Waals surface area contributed by atoms with Crippen LogP contribution in [0.15, 0.2) is 82.8 Å². The van der Waals surface area contributed by atoms with E-state index in [-0.39, 0.29) is 22.3 Å². The maximum atomic E-state index is 14.1. The zero-order chi connectivity index (χ0) is 28.0. The molecule has 1 amide bonds. The summed E-state index contributed by atoms with van der Waals surface area (Å²) in [5.41, 5.74) is 3.55. The molecule has 1 N–H and O–H groups in total. The highest BCUT2D eigenvalue weighted by Crippen LogP contribution is 2.44. The smallest absolute Gasteiger partial charge is 0.301 e. The highest BCUT2D eigenvalue weighted by Gasteiger charge is 2.48. The van der Waals surface area contributed by atoms with E-state index in [0.29, 0.717) is 38.3 Å². The molecule has 8 nitrogen and oxygen atoms in total. The van der Waals surface area contributed by atoms with E-state index in [0.717, 1.165) is 16.9 Å². The number of hydrogen-bond donors (Lipinski definition) is 1. The van der Waals surface area contributed by atoms with Crippen LogP contribution in [0.4, 0.5) is 9.52 Å². The van der Waals surface area contributed by atoms with E-state index in [1.165, 1.54) is 22.7 Å². The molecule has 0 radical (unpaired) electrons. The minimum absolute atomic E-state index is 0.0571. The number of thioether (sulfide) groups is 1. The van der Waals surface area contributed by atoms with Crippen molar-refractivity contribution >= 4 is 51.3 Å².